The quantitative estimate of drug-likeness (QED) is 0.443. The predicted octanol–water partition coefficient (Wildman–Crippen LogP) is -1.84. The average molecular weight is 311 g/mol. The van der Waals surface area contributed by atoms with Crippen LogP contribution in [0, 0.1) is 0 Å². The third-order valence-corrected chi connectivity index (χ3v) is 3.57. The Morgan fingerprint density at radius 3 is 2.86 bits per heavy atom. The number of H-pyrrole nitrogens is 1. The lowest BCUT2D eigenvalue weighted by Gasteiger charge is -2.16. The number of aromatic nitrogens is 4. The lowest BCUT2D eigenvalue weighted by Crippen LogP contribution is -2.33. The molecule has 120 valence electrons. The molecular weight excluding hydrogens is 294 g/mol. The third kappa shape index (κ3) is 2.25. The van der Waals surface area contributed by atoms with Gasteiger partial charge in [0.25, 0.3) is 5.56 Å². The summed E-state index contributed by atoms with van der Waals surface area (Å²) < 4.78 is 6.80. The van der Waals surface area contributed by atoms with Crippen molar-refractivity contribution in [3.8, 4) is 0 Å². The molecule has 1 unspecified atom stereocenters. The molecule has 1 aliphatic rings. The van der Waals surface area contributed by atoms with Crippen LogP contribution in [-0.2, 0) is 4.74 Å². The molecule has 10 heteroatoms. The van der Waals surface area contributed by atoms with Gasteiger partial charge in [0, 0.05) is 6.54 Å². The van der Waals surface area contributed by atoms with E-state index in [0.29, 0.717) is 6.54 Å². The summed E-state index contributed by atoms with van der Waals surface area (Å²) in [6, 6.07) is 0. The van der Waals surface area contributed by atoms with E-state index in [9.17, 15) is 15.0 Å². The van der Waals surface area contributed by atoms with Gasteiger partial charge in [-0.25, -0.2) is 4.98 Å². The van der Waals surface area contributed by atoms with Crippen LogP contribution in [0.15, 0.2) is 11.1 Å². The lowest BCUT2D eigenvalue weighted by atomic mass is 10.1. The highest BCUT2D eigenvalue weighted by Gasteiger charge is 2.44. The van der Waals surface area contributed by atoms with Gasteiger partial charge in [-0.15, -0.1) is 0 Å². The number of hydrogen-bond donors (Lipinski definition) is 5. The van der Waals surface area contributed by atoms with Crippen molar-refractivity contribution in [3.05, 3.63) is 16.7 Å². The van der Waals surface area contributed by atoms with Crippen molar-refractivity contribution in [2.75, 3.05) is 18.5 Å². The molecule has 3 rings (SSSR count). The second kappa shape index (κ2) is 5.65. The van der Waals surface area contributed by atoms with E-state index in [0.717, 1.165) is 0 Å². The van der Waals surface area contributed by atoms with E-state index < -0.39 is 36.7 Å². The Bertz CT molecular complexity index is 728. The highest BCUT2D eigenvalue weighted by Crippen LogP contribution is 2.30. The van der Waals surface area contributed by atoms with Gasteiger partial charge in [0.2, 0.25) is 5.95 Å². The van der Waals surface area contributed by atoms with Crippen molar-refractivity contribution in [1.29, 1.82) is 0 Å². The lowest BCUT2D eigenvalue weighted by molar-refractivity contribution is -0.0511. The number of hydrogen-bond acceptors (Lipinski definition) is 8. The van der Waals surface area contributed by atoms with Crippen LogP contribution in [-0.4, -0.2) is 66.3 Å². The van der Waals surface area contributed by atoms with Gasteiger partial charge in [-0.1, -0.05) is 0 Å². The summed E-state index contributed by atoms with van der Waals surface area (Å²) in [4.78, 5) is 22.7. The number of fused-ring (bicyclic) bond motifs is 1. The summed E-state index contributed by atoms with van der Waals surface area (Å²) >= 11 is 0. The Kier molecular flexibility index (Phi) is 3.83. The Morgan fingerprint density at radius 1 is 1.45 bits per heavy atom. The van der Waals surface area contributed by atoms with Crippen molar-refractivity contribution < 1.29 is 20.1 Å². The monoisotopic (exact) mass is 311 g/mol. The summed E-state index contributed by atoms with van der Waals surface area (Å²) in [5, 5.41) is 31.9. The standard InChI is InChI=1S/C12H17N5O5/c1-2-13-12-15-9-6(10(21)16-12)14-4-17(9)11-8(20)7(19)5(3-18)22-11/h4-5,7-8,11,18-20H,2-3H2,1H3,(H2,13,15,16,21)/t5-,7+,8?,11-/m1/s1. The molecule has 1 saturated heterocycles. The van der Waals surface area contributed by atoms with E-state index in [-0.39, 0.29) is 17.1 Å². The molecule has 0 radical (unpaired) electrons. The normalized spacial score (nSPS) is 28.4. The average Bonchev–Trinajstić information content (AvgIpc) is 3.03. The van der Waals surface area contributed by atoms with E-state index in [1.807, 2.05) is 6.92 Å². The van der Waals surface area contributed by atoms with Crippen LogP contribution in [0.4, 0.5) is 5.95 Å². The van der Waals surface area contributed by atoms with Gasteiger partial charge in [-0.3, -0.25) is 14.3 Å². The SMILES string of the molecule is CCNc1nc2c(ncn2[C@@H]2O[C@H](CO)[C@H](O)C2O)c(=O)[nH]1. The molecule has 1 aliphatic heterocycles. The fraction of sp³-hybridized carbons (Fsp3) is 0.583. The molecule has 3 heterocycles. The van der Waals surface area contributed by atoms with E-state index >= 15 is 0 Å². The molecule has 1 fully saturated rings. The van der Waals surface area contributed by atoms with Crippen LogP contribution >= 0.6 is 0 Å². The maximum Gasteiger partial charge on any atom is 0.280 e. The van der Waals surface area contributed by atoms with Crippen LogP contribution in [0.2, 0.25) is 0 Å². The van der Waals surface area contributed by atoms with Crippen molar-refractivity contribution in [1.82, 2.24) is 19.5 Å². The highest BCUT2D eigenvalue weighted by molar-refractivity contribution is 5.70. The second-order valence-electron chi connectivity index (χ2n) is 5.00. The number of aliphatic hydroxyl groups is 3. The van der Waals surface area contributed by atoms with E-state index in [1.165, 1.54) is 10.9 Å². The largest absolute Gasteiger partial charge is 0.394 e. The fourth-order valence-corrected chi connectivity index (χ4v) is 2.47. The Morgan fingerprint density at radius 2 is 2.23 bits per heavy atom. The van der Waals surface area contributed by atoms with Gasteiger partial charge in [0.05, 0.1) is 12.9 Å². The topological polar surface area (TPSA) is 146 Å². The van der Waals surface area contributed by atoms with E-state index in [4.69, 9.17) is 9.84 Å². The summed E-state index contributed by atoms with van der Waals surface area (Å²) in [5.74, 6) is 0.272. The van der Waals surface area contributed by atoms with Crippen LogP contribution in [0.5, 0.6) is 0 Å². The van der Waals surface area contributed by atoms with E-state index in [1.54, 1.807) is 0 Å². The molecular formula is C12H17N5O5. The number of nitrogens with zero attached hydrogens (tertiary/aromatic N) is 3. The molecule has 0 aliphatic carbocycles. The van der Waals surface area contributed by atoms with E-state index in [2.05, 4.69) is 20.3 Å². The molecule has 0 amide bonds. The predicted molar refractivity (Wildman–Crippen MR) is 75.3 cm³/mol. The maximum atomic E-state index is 12.0. The summed E-state index contributed by atoms with van der Waals surface area (Å²) in [5.41, 5.74) is -0.111. The molecule has 0 spiro atoms. The first kappa shape index (κ1) is 14.9. The second-order valence-corrected chi connectivity index (χ2v) is 5.00. The molecule has 0 aromatic carbocycles. The van der Waals surface area contributed by atoms with Gasteiger partial charge < -0.3 is 25.4 Å². The van der Waals surface area contributed by atoms with Gasteiger partial charge in [0.15, 0.2) is 17.4 Å². The number of aliphatic hydroxyl groups excluding tert-OH is 3. The molecule has 10 nitrogen and oxygen atoms in total. The number of aromatic amines is 1. The first-order valence-electron chi connectivity index (χ1n) is 6.90. The highest BCUT2D eigenvalue weighted by atomic mass is 16.6. The van der Waals surface area contributed by atoms with Crippen LogP contribution < -0.4 is 10.9 Å². The first-order chi connectivity index (χ1) is 10.6. The zero-order valence-corrected chi connectivity index (χ0v) is 11.8. The number of ether oxygens (including phenoxy) is 1. The fourth-order valence-electron chi connectivity index (χ4n) is 2.47. The molecule has 0 saturated carbocycles. The Hall–Kier alpha value is -2.01. The molecule has 5 N–H and O–H groups in total. The number of nitrogens with one attached hydrogen (secondary N) is 2. The molecule has 22 heavy (non-hydrogen) atoms. The van der Waals surface area contributed by atoms with Crippen LogP contribution in [0.25, 0.3) is 11.2 Å². The third-order valence-electron chi connectivity index (χ3n) is 3.57. The molecule has 4 atom stereocenters. The zero-order chi connectivity index (χ0) is 15.9. The van der Waals surface area contributed by atoms with Gasteiger partial charge in [-0.2, -0.15) is 4.98 Å². The van der Waals surface area contributed by atoms with Crippen LogP contribution in [0.1, 0.15) is 13.2 Å². The van der Waals surface area contributed by atoms with Crippen molar-refractivity contribution in [3.63, 3.8) is 0 Å². The smallest absolute Gasteiger partial charge is 0.280 e. The summed E-state index contributed by atoms with van der Waals surface area (Å²) in [7, 11) is 0. The zero-order valence-electron chi connectivity index (χ0n) is 11.8. The Labute approximate surface area is 124 Å². The van der Waals surface area contributed by atoms with Crippen molar-refractivity contribution in [2.45, 2.75) is 31.5 Å². The Balaban J connectivity index is 2.06. The minimum atomic E-state index is -1.27. The molecule has 2 aromatic heterocycles. The van der Waals surface area contributed by atoms with Gasteiger partial charge in [0.1, 0.15) is 18.3 Å². The van der Waals surface area contributed by atoms with Crippen molar-refractivity contribution >= 4 is 17.1 Å². The summed E-state index contributed by atoms with van der Waals surface area (Å²) in [6.45, 7) is 1.99. The number of rotatable bonds is 4. The van der Waals surface area contributed by atoms with Gasteiger partial charge >= 0.3 is 0 Å². The minimum Gasteiger partial charge on any atom is -0.394 e. The number of imidazole rings is 1. The van der Waals surface area contributed by atoms with Crippen molar-refractivity contribution in [2.24, 2.45) is 0 Å². The molecule has 2 aromatic rings. The number of anilines is 1. The summed E-state index contributed by atoms with van der Waals surface area (Å²) in [6.07, 6.45) is -3.09. The maximum absolute atomic E-state index is 12.0. The molecule has 0 bridgehead atoms. The van der Waals surface area contributed by atoms with Gasteiger partial charge in [-0.05, 0) is 6.92 Å². The minimum absolute atomic E-state index is 0.0967. The van der Waals surface area contributed by atoms with Crippen LogP contribution in [0.3, 0.4) is 0 Å². The first-order valence-corrected chi connectivity index (χ1v) is 6.90.